The van der Waals surface area contributed by atoms with E-state index in [1.54, 1.807) is 30.3 Å². The van der Waals surface area contributed by atoms with E-state index < -0.39 is 0 Å². The zero-order valence-corrected chi connectivity index (χ0v) is 28.6. The molecule has 7 aromatic carbocycles. The summed E-state index contributed by atoms with van der Waals surface area (Å²) in [4.78, 5) is 14.9. The SMILES string of the molecule is N#Cc1cc(C#N)cc(-c2ccc3c(c2)c2ccccc2n3-c2cc(-c3nc(-c4ccccc4)nc(-c4ccccc4)n3)ccc2-c2cccc(F)c2)c1. The third kappa shape index (κ3) is 5.82. The highest BCUT2D eigenvalue weighted by atomic mass is 19.1. The second-order valence-electron chi connectivity index (χ2n) is 12.9. The molecule has 0 N–H and O–H groups in total. The fourth-order valence-electron chi connectivity index (χ4n) is 7.03. The molecule has 0 spiro atoms. The van der Waals surface area contributed by atoms with Gasteiger partial charge in [-0.3, -0.25) is 0 Å². The van der Waals surface area contributed by atoms with Crippen molar-refractivity contribution in [2.75, 3.05) is 0 Å². The lowest BCUT2D eigenvalue weighted by Crippen LogP contribution is -2.02. The quantitative estimate of drug-likeness (QED) is 0.173. The van der Waals surface area contributed by atoms with Gasteiger partial charge in [-0.1, -0.05) is 109 Å². The predicted octanol–water partition coefficient (Wildman–Crippen LogP) is 11.2. The minimum Gasteiger partial charge on any atom is -0.309 e. The lowest BCUT2D eigenvalue weighted by molar-refractivity contribution is 0.628. The molecule has 0 bridgehead atoms. The maximum absolute atomic E-state index is 14.8. The van der Waals surface area contributed by atoms with Gasteiger partial charge in [0.15, 0.2) is 17.5 Å². The summed E-state index contributed by atoms with van der Waals surface area (Å²) < 4.78 is 17.0. The van der Waals surface area contributed by atoms with E-state index in [1.165, 1.54) is 6.07 Å². The number of benzene rings is 7. The Morgan fingerprint density at radius 2 is 1.00 bits per heavy atom. The molecule has 0 amide bonds. The third-order valence-corrected chi connectivity index (χ3v) is 9.53. The molecule has 0 saturated carbocycles. The number of nitrogens with zero attached hydrogens (tertiary/aromatic N) is 6. The number of aromatic nitrogens is 4. The van der Waals surface area contributed by atoms with Gasteiger partial charge in [0, 0.05) is 33.0 Å². The molecule has 9 rings (SSSR count). The van der Waals surface area contributed by atoms with Crippen molar-refractivity contribution in [3.8, 4) is 74.2 Å². The largest absolute Gasteiger partial charge is 0.309 e. The van der Waals surface area contributed by atoms with Gasteiger partial charge in [-0.2, -0.15) is 10.5 Å². The highest BCUT2D eigenvalue weighted by Gasteiger charge is 2.20. The van der Waals surface area contributed by atoms with E-state index in [2.05, 4.69) is 47.0 Å². The van der Waals surface area contributed by atoms with Crippen molar-refractivity contribution < 1.29 is 4.39 Å². The van der Waals surface area contributed by atoms with E-state index in [4.69, 9.17) is 15.0 Å². The number of hydrogen-bond acceptors (Lipinski definition) is 5. The molecular formula is C47H27FN6. The summed E-state index contributed by atoms with van der Waals surface area (Å²) in [6.07, 6.45) is 0. The molecule has 6 nitrogen and oxygen atoms in total. The van der Waals surface area contributed by atoms with Crippen LogP contribution in [0.2, 0.25) is 0 Å². The maximum Gasteiger partial charge on any atom is 0.164 e. The standard InChI is InChI=1S/C47H27FN6/c48-38-15-9-14-35(25-38)39-20-18-36(47-52-45(32-10-3-1-4-11-32)51-46(53-47)33-12-5-2-6-13-33)27-44(39)54-42-17-8-7-16-40(42)41-26-34(19-21-43(41)54)37-23-30(28-49)22-31(24-37)29-50/h1-27H. The molecule has 2 aromatic heterocycles. The summed E-state index contributed by atoms with van der Waals surface area (Å²) in [5.41, 5.74) is 9.26. The molecular weight excluding hydrogens is 668 g/mol. The first kappa shape index (κ1) is 32.2. The second kappa shape index (κ2) is 13.4. The van der Waals surface area contributed by atoms with Crippen LogP contribution in [-0.4, -0.2) is 19.5 Å². The minimum absolute atomic E-state index is 0.330. The van der Waals surface area contributed by atoms with Gasteiger partial charge in [0.2, 0.25) is 0 Å². The Morgan fingerprint density at radius 1 is 0.426 bits per heavy atom. The van der Waals surface area contributed by atoms with Gasteiger partial charge in [-0.15, -0.1) is 0 Å². The molecule has 0 aliphatic rings. The van der Waals surface area contributed by atoms with Crippen molar-refractivity contribution in [2.24, 2.45) is 0 Å². The van der Waals surface area contributed by atoms with E-state index in [0.29, 0.717) is 28.6 Å². The van der Waals surface area contributed by atoms with Crippen LogP contribution < -0.4 is 0 Å². The summed E-state index contributed by atoms with van der Waals surface area (Å²) >= 11 is 0. The van der Waals surface area contributed by atoms with Gasteiger partial charge in [0.1, 0.15) is 5.82 Å². The zero-order valence-electron chi connectivity index (χ0n) is 28.6. The van der Waals surface area contributed by atoms with Crippen LogP contribution in [0.15, 0.2) is 164 Å². The number of fused-ring (bicyclic) bond motifs is 3. The first-order valence-corrected chi connectivity index (χ1v) is 17.3. The summed E-state index contributed by atoms with van der Waals surface area (Å²) in [6, 6.07) is 56.2. The monoisotopic (exact) mass is 694 g/mol. The average Bonchev–Trinajstić information content (AvgIpc) is 3.57. The van der Waals surface area contributed by atoms with Crippen molar-refractivity contribution in [3.05, 3.63) is 181 Å². The van der Waals surface area contributed by atoms with Gasteiger partial charge in [-0.25, -0.2) is 19.3 Å². The lowest BCUT2D eigenvalue weighted by Gasteiger charge is -2.16. The minimum atomic E-state index is -0.330. The molecule has 0 saturated heterocycles. The van der Waals surface area contributed by atoms with E-state index in [-0.39, 0.29) is 5.82 Å². The first-order chi connectivity index (χ1) is 26.6. The first-order valence-electron chi connectivity index (χ1n) is 17.3. The van der Waals surface area contributed by atoms with Gasteiger partial charge in [0.25, 0.3) is 0 Å². The van der Waals surface area contributed by atoms with Crippen LogP contribution >= 0.6 is 0 Å². The Balaban J connectivity index is 1.30. The van der Waals surface area contributed by atoms with Gasteiger partial charge < -0.3 is 4.57 Å². The number of para-hydroxylation sites is 1. The van der Waals surface area contributed by atoms with Gasteiger partial charge in [0.05, 0.1) is 40.0 Å². The molecule has 0 fully saturated rings. The molecule has 9 aromatic rings. The summed E-state index contributed by atoms with van der Waals surface area (Å²) in [5.74, 6) is 1.28. The van der Waals surface area contributed by atoms with Crippen molar-refractivity contribution in [1.82, 2.24) is 19.5 Å². The van der Waals surface area contributed by atoms with Gasteiger partial charge in [-0.05, 0) is 71.3 Å². The Hall–Kier alpha value is -7.74. The van der Waals surface area contributed by atoms with E-state index in [0.717, 1.165) is 66.4 Å². The van der Waals surface area contributed by atoms with Crippen molar-refractivity contribution in [1.29, 1.82) is 10.5 Å². The van der Waals surface area contributed by atoms with Crippen LogP contribution in [0.5, 0.6) is 0 Å². The third-order valence-electron chi connectivity index (χ3n) is 9.53. The molecule has 2 heterocycles. The van der Waals surface area contributed by atoms with Crippen molar-refractivity contribution >= 4 is 21.8 Å². The Morgan fingerprint density at radius 3 is 1.65 bits per heavy atom. The van der Waals surface area contributed by atoms with Crippen LogP contribution in [0.4, 0.5) is 4.39 Å². The van der Waals surface area contributed by atoms with E-state index >= 15 is 0 Å². The molecule has 0 unspecified atom stereocenters. The summed E-state index contributed by atoms with van der Waals surface area (Å²) in [5, 5.41) is 21.3. The summed E-state index contributed by atoms with van der Waals surface area (Å²) in [7, 11) is 0. The van der Waals surface area contributed by atoms with Crippen LogP contribution in [0.1, 0.15) is 11.1 Å². The number of nitriles is 2. The van der Waals surface area contributed by atoms with Crippen molar-refractivity contribution in [2.45, 2.75) is 0 Å². The van der Waals surface area contributed by atoms with Crippen LogP contribution in [0.3, 0.4) is 0 Å². The Labute approximate surface area is 310 Å². The number of rotatable bonds is 6. The highest BCUT2D eigenvalue weighted by Crippen LogP contribution is 2.40. The smallest absolute Gasteiger partial charge is 0.164 e. The average molecular weight is 695 g/mol. The lowest BCUT2D eigenvalue weighted by atomic mass is 9.98. The van der Waals surface area contributed by atoms with Crippen LogP contribution in [0, 0.1) is 28.5 Å². The van der Waals surface area contributed by atoms with E-state index in [9.17, 15) is 14.9 Å². The summed E-state index contributed by atoms with van der Waals surface area (Å²) in [6.45, 7) is 0. The molecule has 252 valence electrons. The fraction of sp³-hybridized carbons (Fsp3) is 0. The second-order valence-corrected chi connectivity index (χ2v) is 12.9. The van der Waals surface area contributed by atoms with Crippen molar-refractivity contribution in [3.63, 3.8) is 0 Å². The molecule has 7 heteroatoms. The van der Waals surface area contributed by atoms with Crippen LogP contribution in [0.25, 0.3) is 83.9 Å². The van der Waals surface area contributed by atoms with Crippen LogP contribution in [-0.2, 0) is 0 Å². The Bertz CT molecular complexity index is 2880. The molecule has 0 atom stereocenters. The fourth-order valence-corrected chi connectivity index (χ4v) is 7.03. The predicted molar refractivity (Wildman–Crippen MR) is 211 cm³/mol. The Kier molecular flexibility index (Phi) is 8.00. The maximum atomic E-state index is 14.8. The number of hydrogen-bond donors (Lipinski definition) is 0. The molecule has 54 heavy (non-hydrogen) atoms. The van der Waals surface area contributed by atoms with Gasteiger partial charge >= 0.3 is 0 Å². The normalized spacial score (nSPS) is 11.0. The topological polar surface area (TPSA) is 91.2 Å². The zero-order chi connectivity index (χ0) is 36.6. The number of halogens is 1. The van der Waals surface area contributed by atoms with E-state index in [1.807, 2.05) is 97.1 Å². The molecule has 0 radical (unpaired) electrons. The molecule has 0 aliphatic heterocycles. The molecule has 0 aliphatic carbocycles. The highest BCUT2D eigenvalue weighted by molar-refractivity contribution is 6.11.